The average Bonchev–Trinajstić information content (AvgIpc) is 2.84. The summed E-state index contributed by atoms with van der Waals surface area (Å²) in [6.45, 7) is 13.5. The number of thiazole rings is 1. The van der Waals surface area contributed by atoms with Gasteiger partial charge >= 0.3 is 0 Å². The Bertz CT molecular complexity index is 402. The van der Waals surface area contributed by atoms with Crippen LogP contribution in [0.5, 0.6) is 0 Å². The molecule has 0 aromatic carbocycles. The van der Waals surface area contributed by atoms with Crippen molar-refractivity contribution < 1.29 is 5.11 Å². The highest BCUT2D eigenvalue weighted by Gasteiger charge is 2.31. The summed E-state index contributed by atoms with van der Waals surface area (Å²) in [5, 5.41) is 11.5. The monoisotopic (exact) mass is 282 g/mol. The normalized spacial score (nSPS) is 18.2. The quantitative estimate of drug-likeness (QED) is 0.924. The van der Waals surface area contributed by atoms with Crippen LogP contribution in [-0.2, 0) is 17.6 Å². The van der Waals surface area contributed by atoms with Gasteiger partial charge in [-0.05, 0) is 39.8 Å². The minimum absolute atomic E-state index is 0.0188. The third-order valence-corrected chi connectivity index (χ3v) is 4.85. The first-order chi connectivity index (χ1) is 8.68. The van der Waals surface area contributed by atoms with Crippen molar-refractivity contribution in [1.82, 2.24) is 9.88 Å². The third-order valence-electron chi connectivity index (χ3n) is 3.50. The van der Waals surface area contributed by atoms with Gasteiger partial charge in [0.1, 0.15) is 5.01 Å². The fourth-order valence-corrected chi connectivity index (χ4v) is 3.80. The number of likely N-dealkylation sites (tertiary alicyclic amines) is 1. The van der Waals surface area contributed by atoms with Gasteiger partial charge in [0.2, 0.25) is 0 Å². The first-order valence-electron chi connectivity index (χ1n) is 7.13. The van der Waals surface area contributed by atoms with E-state index in [1.807, 2.05) is 13.8 Å². The Morgan fingerprint density at radius 3 is 2.16 bits per heavy atom. The zero-order valence-electron chi connectivity index (χ0n) is 12.8. The molecule has 3 nitrogen and oxygen atoms in total. The lowest BCUT2D eigenvalue weighted by atomic mass is 9.88. The maximum atomic E-state index is 10.4. The Balaban J connectivity index is 2.29. The third kappa shape index (κ3) is 3.56. The zero-order valence-corrected chi connectivity index (χ0v) is 13.6. The molecule has 1 N–H and O–H groups in total. The van der Waals surface area contributed by atoms with Gasteiger partial charge in [-0.15, -0.1) is 11.3 Å². The molecule has 1 fully saturated rings. The number of rotatable bonds is 3. The Hall–Kier alpha value is -0.450. The van der Waals surface area contributed by atoms with Crippen molar-refractivity contribution in [3.63, 3.8) is 0 Å². The summed E-state index contributed by atoms with van der Waals surface area (Å²) in [6, 6.07) is 0. The molecule has 108 valence electrons. The van der Waals surface area contributed by atoms with Crippen LogP contribution in [0.3, 0.4) is 0 Å². The first-order valence-corrected chi connectivity index (χ1v) is 7.95. The standard InChI is InChI=1S/C15H26N2OS/c1-14(2,3)12-13(15(4,5)18)19-11(16-12)10-17-8-6-7-9-17/h18H,6-10H2,1-5H3. The van der Waals surface area contributed by atoms with Gasteiger partial charge in [-0.1, -0.05) is 20.8 Å². The molecule has 2 rings (SSSR count). The summed E-state index contributed by atoms with van der Waals surface area (Å²) in [5.74, 6) is 0. The molecule has 0 aliphatic carbocycles. The number of hydrogen-bond donors (Lipinski definition) is 1. The van der Waals surface area contributed by atoms with Crippen molar-refractivity contribution in [3.8, 4) is 0 Å². The van der Waals surface area contributed by atoms with Crippen molar-refractivity contribution in [3.05, 3.63) is 15.6 Å². The highest BCUT2D eigenvalue weighted by Crippen LogP contribution is 2.37. The van der Waals surface area contributed by atoms with E-state index >= 15 is 0 Å². The van der Waals surface area contributed by atoms with Crippen LogP contribution < -0.4 is 0 Å². The second-order valence-corrected chi connectivity index (χ2v) is 8.16. The van der Waals surface area contributed by atoms with Gasteiger partial charge in [0.05, 0.1) is 22.7 Å². The topological polar surface area (TPSA) is 36.4 Å². The first kappa shape index (κ1) is 14.9. The number of nitrogens with zero attached hydrogens (tertiary/aromatic N) is 2. The predicted molar refractivity (Wildman–Crippen MR) is 80.6 cm³/mol. The van der Waals surface area contributed by atoms with Crippen molar-refractivity contribution in [2.45, 2.75) is 65.0 Å². The predicted octanol–water partition coefficient (Wildman–Crippen LogP) is 3.26. The summed E-state index contributed by atoms with van der Waals surface area (Å²) in [5.41, 5.74) is 0.234. The fourth-order valence-electron chi connectivity index (χ4n) is 2.49. The molecule has 0 unspecified atom stereocenters. The van der Waals surface area contributed by atoms with Crippen LogP contribution in [0.25, 0.3) is 0 Å². The second-order valence-electron chi connectivity index (χ2n) is 7.08. The molecule has 0 atom stereocenters. The maximum Gasteiger partial charge on any atom is 0.107 e. The largest absolute Gasteiger partial charge is 0.385 e. The SMILES string of the molecule is CC(C)(C)c1nc(CN2CCCC2)sc1C(C)(C)O. The molecule has 4 heteroatoms. The molecule has 0 saturated carbocycles. The van der Waals surface area contributed by atoms with Gasteiger partial charge < -0.3 is 5.11 Å². The Labute approximate surface area is 120 Å². The summed E-state index contributed by atoms with van der Waals surface area (Å²) in [4.78, 5) is 8.31. The van der Waals surface area contributed by atoms with E-state index in [9.17, 15) is 5.11 Å². The summed E-state index contributed by atoms with van der Waals surface area (Å²) in [7, 11) is 0. The molecule has 19 heavy (non-hydrogen) atoms. The van der Waals surface area contributed by atoms with E-state index in [4.69, 9.17) is 4.98 Å². The van der Waals surface area contributed by atoms with Gasteiger partial charge in [-0.3, -0.25) is 4.90 Å². The minimum atomic E-state index is -0.802. The lowest BCUT2D eigenvalue weighted by Gasteiger charge is -2.23. The van der Waals surface area contributed by atoms with Crippen LogP contribution in [0.4, 0.5) is 0 Å². The highest BCUT2D eigenvalue weighted by molar-refractivity contribution is 7.11. The van der Waals surface area contributed by atoms with Gasteiger partial charge in [0, 0.05) is 5.41 Å². The van der Waals surface area contributed by atoms with E-state index in [0.29, 0.717) is 0 Å². The molecule has 1 aliphatic heterocycles. The van der Waals surface area contributed by atoms with Crippen molar-refractivity contribution in [2.24, 2.45) is 0 Å². The van der Waals surface area contributed by atoms with E-state index < -0.39 is 5.60 Å². The smallest absolute Gasteiger partial charge is 0.107 e. The van der Waals surface area contributed by atoms with Gasteiger partial charge in [0.15, 0.2) is 0 Å². The molecule has 1 aromatic heterocycles. The van der Waals surface area contributed by atoms with E-state index in [-0.39, 0.29) is 5.41 Å². The van der Waals surface area contributed by atoms with Gasteiger partial charge in [-0.2, -0.15) is 0 Å². The zero-order chi connectivity index (χ0) is 14.3. The Morgan fingerprint density at radius 1 is 1.16 bits per heavy atom. The van der Waals surface area contributed by atoms with Crippen LogP contribution in [0.2, 0.25) is 0 Å². The van der Waals surface area contributed by atoms with Crippen molar-refractivity contribution >= 4 is 11.3 Å². The highest BCUT2D eigenvalue weighted by atomic mass is 32.1. The van der Waals surface area contributed by atoms with E-state index in [1.165, 1.54) is 25.9 Å². The van der Waals surface area contributed by atoms with Crippen molar-refractivity contribution in [1.29, 1.82) is 0 Å². The lowest BCUT2D eigenvalue weighted by Crippen LogP contribution is -2.22. The van der Waals surface area contributed by atoms with Crippen LogP contribution in [0.15, 0.2) is 0 Å². The Kier molecular flexibility index (Phi) is 4.05. The lowest BCUT2D eigenvalue weighted by molar-refractivity contribution is 0.0803. The summed E-state index contributed by atoms with van der Waals surface area (Å²) < 4.78 is 0. The molecule has 0 spiro atoms. The molecule has 1 aromatic rings. The molecular weight excluding hydrogens is 256 g/mol. The second kappa shape index (κ2) is 5.15. The van der Waals surface area contributed by atoms with Gasteiger partial charge in [-0.25, -0.2) is 4.98 Å². The van der Waals surface area contributed by atoms with Gasteiger partial charge in [0.25, 0.3) is 0 Å². The average molecular weight is 282 g/mol. The molecule has 1 aliphatic rings. The number of aliphatic hydroxyl groups is 1. The summed E-state index contributed by atoms with van der Waals surface area (Å²) in [6.07, 6.45) is 2.60. The van der Waals surface area contributed by atoms with Crippen LogP contribution in [0.1, 0.15) is 63.0 Å². The van der Waals surface area contributed by atoms with E-state index in [0.717, 1.165) is 22.1 Å². The fraction of sp³-hybridized carbons (Fsp3) is 0.800. The minimum Gasteiger partial charge on any atom is -0.385 e. The van der Waals surface area contributed by atoms with Crippen LogP contribution >= 0.6 is 11.3 Å². The molecular formula is C15H26N2OS. The van der Waals surface area contributed by atoms with E-state index in [1.54, 1.807) is 11.3 Å². The Morgan fingerprint density at radius 2 is 1.74 bits per heavy atom. The maximum absolute atomic E-state index is 10.4. The molecule has 0 amide bonds. The van der Waals surface area contributed by atoms with Crippen LogP contribution in [-0.4, -0.2) is 28.1 Å². The van der Waals surface area contributed by atoms with Crippen molar-refractivity contribution in [2.75, 3.05) is 13.1 Å². The molecule has 1 saturated heterocycles. The van der Waals surface area contributed by atoms with Crippen LogP contribution in [0, 0.1) is 0 Å². The molecule has 0 bridgehead atoms. The summed E-state index contributed by atoms with van der Waals surface area (Å²) >= 11 is 1.68. The molecule has 0 radical (unpaired) electrons. The molecule has 2 heterocycles. The van der Waals surface area contributed by atoms with E-state index in [2.05, 4.69) is 25.7 Å². The number of aromatic nitrogens is 1. The number of hydrogen-bond acceptors (Lipinski definition) is 4.